The molecular formula is C21H22N4OS. The van der Waals surface area contributed by atoms with E-state index in [0.717, 1.165) is 23.7 Å². The Hall–Kier alpha value is -2.86. The third-order valence-corrected chi connectivity index (χ3v) is 5.27. The van der Waals surface area contributed by atoms with Crippen molar-refractivity contribution in [2.75, 3.05) is 12.0 Å². The largest absolute Gasteiger partial charge is 0.495 e. The van der Waals surface area contributed by atoms with Crippen LogP contribution in [-0.4, -0.2) is 21.8 Å². The number of hydrogen-bond donors (Lipinski definition) is 1. The maximum Gasteiger partial charge on any atom is 0.174 e. The number of rotatable bonds is 5. The molecule has 0 saturated carbocycles. The van der Waals surface area contributed by atoms with Crippen LogP contribution < -0.4 is 15.0 Å². The van der Waals surface area contributed by atoms with E-state index in [1.807, 2.05) is 48.7 Å². The SMILES string of the molecule is CCn1cccc1[C@@H]1[C@@H](c2ccccn2)NC(=S)N1c1ccccc1OC. The van der Waals surface area contributed by atoms with E-state index in [9.17, 15) is 0 Å². The molecule has 1 aliphatic heterocycles. The third kappa shape index (κ3) is 3.06. The van der Waals surface area contributed by atoms with Crippen molar-refractivity contribution >= 4 is 23.0 Å². The third-order valence-electron chi connectivity index (χ3n) is 4.95. The molecule has 6 heteroatoms. The summed E-state index contributed by atoms with van der Waals surface area (Å²) < 4.78 is 7.87. The van der Waals surface area contributed by atoms with Gasteiger partial charge >= 0.3 is 0 Å². The van der Waals surface area contributed by atoms with Crippen LogP contribution in [0.1, 0.15) is 30.4 Å². The smallest absolute Gasteiger partial charge is 0.174 e. The van der Waals surface area contributed by atoms with Crippen LogP contribution in [0.25, 0.3) is 0 Å². The number of nitrogens with one attached hydrogen (secondary N) is 1. The minimum Gasteiger partial charge on any atom is -0.495 e. The molecule has 3 heterocycles. The van der Waals surface area contributed by atoms with E-state index in [1.165, 1.54) is 5.69 Å². The number of para-hydroxylation sites is 2. The average Bonchev–Trinajstić information content (AvgIpc) is 3.32. The van der Waals surface area contributed by atoms with E-state index in [1.54, 1.807) is 7.11 Å². The van der Waals surface area contributed by atoms with E-state index >= 15 is 0 Å². The van der Waals surface area contributed by atoms with E-state index in [-0.39, 0.29) is 12.1 Å². The van der Waals surface area contributed by atoms with Gasteiger partial charge in [-0.1, -0.05) is 18.2 Å². The van der Waals surface area contributed by atoms with Crippen molar-refractivity contribution in [1.29, 1.82) is 0 Å². The Morgan fingerprint density at radius 3 is 2.67 bits per heavy atom. The number of hydrogen-bond acceptors (Lipinski definition) is 3. The Labute approximate surface area is 164 Å². The minimum atomic E-state index is -0.0520. The lowest BCUT2D eigenvalue weighted by atomic mass is 10.0. The molecule has 0 spiro atoms. The number of aryl methyl sites for hydroxylation is 1. The molecule has 1 saturated heterocycles. The van der Waals surface area contributed by atoms with Crippen molar-refractivity contribution in [3.63, 3.8) is 0 Å². The van der Waals surface area contributed by atoms with E-state index in [4.69, 9.17) is 17.0 Å². The van der Waals surface area contributed by atoms with E-state index < -0.39 is 0 Å². The molecule has 0 aliphatic carbocycles. The van der Waals surface area contributed by atoms with Crippen molar-refractivity contribution in [2.45, 2.75) is 25.6 Å². The summed E-state index contributed by atoms with van der Waals surface area (Å²) in [4.78, 5) is 6.74. The molecule has 0 amide bonds. The first-order chi connectivity index (χ1) is 13.2. The monoisotopic (exact) mass is 378 g/mol. The van der Waals surface area contributed by atoms with Crippen molar-refractivity contribution in [2.24, 2.45) is 0 Å². The van der Waals surface area contributed by atoms with Crippen LogP contribution in [-0.2, 0) is 6.54 Å². The Morgan fingerprint density at radius 1 is 1.11 bits per heavy atom. The number of nitrogens with zero attached hydrogens (tertiary/aromatic N) is 3. The molecule has 0 bridgehead atoms. The Kier molecular flexibility index (Phi) is 4.81. The molecule has 0 unspecified atom stereocenters. The number of aromatic nitrogens is 2. The Balaban J connectivity index is 1.88. The lowest BCUT2D eigenvalue weighted by molar-refractivity contribution is 0.414. The fourth-order valence-electron chi connectivity index (χ4n) is 3.73. The van der Waals surface area contributed by atoms with Gasteiger partial charge in [0.05, 0.1) is 24.5 Å². The quantitative estimate of drug-likeness (QED) is 0.678. The molecule has 1 aliphatic rings. The van der Waals surface area contributed by atoms with Gasteiger partial charge in [-0.3, -0.25) is 4.98 Å². The molecule has 2 atom stereocenters. The summed E-state index contributed by atoms with van der Waals surface area (Å²) in [5.74, 6) is 0.794. The van der Waals surface area contributed by atoms with Gasteiger partial charge in [0.2, 0.25) is 0 Å². The maximum absolute atomic E-state index is 5.76. The van der Waals surface area contributed by atoms with Gasteiger partial charge in [0.15, 0.2) is 5.11 Å². The zero-order valence-electron chi connectivity index (χ0n) is 15.4. The summed E-state index contributed by atoms with van der Waals surface area (Å²) >= 11 is 5.76. The van der Waals surface area contributed by atoms with E-state index in [0.29, 0.717) is 5.11 Å². The predicted molar refractivity (Wildman–Crippen MR) is 111 cm³/mol. The number of thiocarbonyl (C=S) groups is 1. The number of methoxy groups -OCH3 is 1. The van der Waals surface area contributed by atoms with Crippen LogP contribution in [0.4, 0.5) is 5.69 Å². The van der Waals surface area contributed by atoms with Crippen molar-refractivity contribution in [1.82, 2.24) is 14.9 Å². The van der Waals surface area contributed by atoms with Gasteiger partial charge in [0, 0.05) is 24.6 Å². The van der Waals surface area contributed by atoms with Gasteiger partial charge in [0.1, 0.15) is 11.8 Å². The fraction of sp³-hybridized carbons (Fsp3) is 0.238. The molecule has 1 aromatic carbocycles. The highest BCUT2D eigenvalue weighted by atomic mass is 32.1. The molecule has 138 valence electrons. The molecule has 27 heavy (non-hydrogen) atoms. The molecule has 0 radical (unpaired) electrons. The number of pyridine rings is 1. The normalized spacial score (nSPS) is 19.2. The van der Waals surface area contributed by atoms with E-state index in [2.05, 4.69) is 45.0 Å². The molecular weight excluding hydrogens is 356 g/mol. The van der Waals surface area contributed by atoms with Gasteiger partial charge in [-0.15, -0.1) is 0 Å². The lowest BCUT2D eigenvalue weighted by Crippen LogP contribution is -2.30. The van der Waals surface area contributed by atoms with Crippen LogP contribution in [0.2, 0.25) is 0 Å². The topological polar surface area (TPSA) is 42.3 Å². The van der Waals surface area contributed by atoms with Crippen LogP contribution in [0.15, 0.2) is 67.0 Å². The summed E-state index contributed by atoms with van der Waals surface area (Å²) in [5, 5.41) is 4.16. The van der Waals surface area contributed by atoms with Crippen molar-refractivity contribution in [3.8, 4) is 5.75 Å². The number of anilines is 1. The first-order valence-corrected chi connectivity index (χ1v) is 9.44. The van der Waals surface area contributed by atoms with Gasteiger partial charge in [-0.05, 0) is 55.5 Å². The van der Waals surface area contributed by atoms with Crippen LogP contribution >= 0.6 is 12.2 Å². The van der Waals surface area contributed by atoms with Crippen molar-refractivity contribution in [3.05, 3.63) is 78.4 Å². The molecule has 1 N–H and O–H groups in total. The zero-order chi connectivity index (χ0) is 18.8. The van der Waals surface area contributed by atoms with Crippen LogP contribution in [0.5, 0.6) is 5.75 Å². The summed E-state index contributed by atoms with van der Waals surface area (Å²) in [5.41, 5.74) is 3.10. The lowest BCUT2D eigenvalue weighted by Gasteiger charge is -2.29. The highest BCUT2D eigenvalue weighted by molar-refractivity contribution is 7.80. The molecule has 5 nitrogen and oxygen atoms in total. The van der Waals surface area contributed by atoms with Gasteiger partial charge in [0.25, 0.3) is 0 Å². The average molecular weight is 379 g/mol. The molecule has 1 fully saturated rings. The second kappa shape index (κ2) is 7.40. The van der Waals surface area contributed by atoms with Crippen LogP contribution in [0, 0.1) is 0 Å². The maximum atomic E-state index is 5.76. The highest BCUT2D eigenvalue weighted by Gasteiger charge is 2.42. The first-order valence-electron chi connectivity index (χ1n) is 9.03. The second-order valence-electron chi connectivity index (χ2n) is 6.39. The second-order valence-corrected chi connectivity index (χ2v) is 6.77. The minimum absolute atomic E-state index is 0.0290. The summed E-state index contributed by atoms with van der Waals surface area (Å²) in [6, 6.07) is 18.1. The van der Waals surface area contributed by atoms with Gasteiger partial charge in [-0.2, -0.15) is 0 Å². The van der Waals surface area contributed by atoms with Gasteiger partial charge in [-0.25, -0.2) is 0 Å². The van der Waals surface area contributed by atoms with Crippen LogP contribution in [0.3, 0.4) is 0 Å². The standard InChI is InChI=1S/C21H22N4OS/c1-3-24-14-8-11-17(24)20-19(15-9-6-7-13-22-15)23-21(27)25(20)16-10-4-5-12-18(16)26-2/h4-14,19-20H,3H2,1-2H3,(H,23,27)/t19-,20-/m1/s1. The fourth-order valence-corrected chi connectivity index (χ4v) is 4.07. The Morgan fingerprint density at radius 2 is 1.93 bits per heavy atom. The predicted octanol–water partition coefficient (Wildman–Crippen LogP) is 4.09. The molecule has 2 aromatic heterocycles. The number of ether oxygens (including phenoxy) is 1. The molecule has 3 aromatic rings. The van der Waals surface area contributed by atoms with Gasteiger partial charge < -0.3 is 19.5 Å². The summed E-state index contributed by atoms with van der Waals surface area (Å²) in [7, 11) is 1.69. The number of benzene rings is 1. The summed E-state index contributed by atoms with van der Waals surface area (Å²) in [6.45, 7) is 3.04. The Bertz CT molecular complexity index is 940. The molecule has 4 rings (SSSR count). The highest BCUT2D eigenvalue weighted by Crippen LogP contribution is 2.44. The van der Waals surface area contributed by atoms with Crippen molar-refractivity contribution < 1.29 is 4.74 Å². The summed E-state index contributed by atoms with van der Waals surface area (Å²) in [6.07, 6.45) is 3.92. The first kappa shape index (κ1) is 17.5. The zero-order valence-corrected chi connectivity index (χ0v) is 16.2.